The lowest BCUT2D eigenvalue weighted by atomic mass is 10.0. The molecule has 0 aliphatic carbocycles. The molecule has 36 heavy (non-hydrogen) atoms. The smallest absolute Gasteiger partial charge is 0.240 e. The van der Waals surface area contributed by atoms with E-state index in [1.807, 2.05) is 24.4 Å². The van der Waals surface area contributed by atoms with E-state index in [1.165, 1.54) is 21.3 Å². The average Bonchev–Trinajstić information content (AvgIpc) is 3.42. The summed E-state index contributed by atoms with van der Waals surface area (Å²) in [6, 6.07) is 14.3. The third kappa shape index (κ3) is 5.74. The normalized spacial score (nSPS) is 16.6. The second-order valence-electron chi connectivity index (χ2n) is 7.77. The fraction of sp³-hybridized carbons (Fsp3) is 0.269. The van der Waals surface area contributed by atoms with Gasteiger partial charge in [0, 0.05) is 42.0 Å². The molecule has 1 saturated heterocycles. The molecule has 2 heterocycles. The van der Waals surface area contributed by atoms with Gasteiger partial charge in [0.2, 0.25) is 11.7 Å². The van der Waals surface area contributed by atoms with Crippen LogP contribution in [-0.4, -0.2) is 56.1 Å². The van der Waals surface area contributed by atoms with Gasteiger partial charge in [-0.3, -0.25) is 14.6 Å². The first-order valence-electron chi connectivity index (χ1n) is 10.9. The molecule has 1 aliphatic rings. The lowest BCUT2D eigenvalue weighted by molar-refractivity contribution is -0.117. The number of anilines is 1. The third-order valence-electron chi connectivity index (χ3n) is 5.67. The van der Waals surface area contributed by atoms with Gasteiger partial charge in [-0.15, -0.1) is 35.9 Å². The van der Waals surface area contributed by atoms with Crippen LogP contribution in [0.3, 0.4) is 0 Å². The summed E-state index contributed by atoms with van der Waals surface area (Å²) in [4.78, 5) is 32.4. The number of rotatable bonds is 8. The number of ketones is 1. The van der Waals surface area contributed by atoms with Gasteiger partial charge in [0.1, 0.15) is 0 Å². The van der Waals surface area contributed by atoms with E-state index < -0.39 is 0 Å². The van der Waals surface area contributed by atoms with Crippen molar-refractivity contribution >= 4 is 53.3 Å². The molecule has 0 saturated carbocycles. The van der Waals surface area contributed by atoms with Crippen LogP contribution in [0, 0.1) is 0 Å². The molecule has 1 fully saturated rings. The SMILES string of the molecule is COc1cc(C(=O)c2cccc(N(C)C(=O)C3CSC(c4cccnc4)S3)c2)cc(OC)c1OC.Cl. The Morgan fingerprint density at radius 1 is 0.972 bits per heavy atom. The van der Waals surface area contributed by atoms with Gasteiger partial charge in [0.25, 0.3) is 0 Å². The Morgan fingerprint density at radius 3 is 2.31 bits per heavy atom. The zero-order chi connectivity index (χ0) is 24.9. The van der Waals surface area contributed by atoms with E-state index in [1.54, 1.807) is 72.0 Å². The number of hydrogen-bond donors (Lipinski definition) is 0. The van der Waals surface area contributed by atoms with E-state index in [0.29, 0.717) is 34.1 Å². The van der Waals surface area contributed by atoms with Crippen molar-refractivity contribution in [1.82, 2.24) is 4.98 Å². The van der Waals surface area contributed by atoms with Gasteiger partial charge in [-0.2, -0.15) is 0 Å². The van der Waals surface area contributed by atoms with Crippen molar-refractivity contribution < 1.29 is 23.8 Å². The predicted molar refractivity (Wildman–Crippen MR) is 147 cm³/mol. The maximum absolute atomic E-state index is 13.3. The zero-order valence-electron chi connectivity index (χ0n) is 20.3. The molecule has 2 atom stereocenters. The Labute approximate surface area is 225 Å². The van der Waals surface area contributed by atoms with Crippen molar-refractivity contribution in [1.29, 1.82) is 0 Å². The minimum Gasteiger partial charge on any atom is -0.493 e. The highest BCUT2D eigenvalue weighted by Gasteiger charge is 2.34. The molecule has 190 valence electrons. The molecule has 7 nitrogen and oxygen atoms in total. The molecule has 2 aromatic carbocycles. The number of halogens is 1. The fourth-order valence-corrected chi connectivity index (χ4v) is 7.00. The van der Waals surface area contributed by atoms with E-state index >= 15 is 0 Å². The Hall–Kier alpha value is -2.88. The average molecular weight is 547 g/mol. The number of thioether (sulfide) groups is 2. The number of carbonyl (C=O) groups is 2. The quantitative estimate of drug-likeness (QED) is 0.354. The summed E-state index contributed by atoms with van der Waals surface area (Å²) in [6.07, 6.45) is 3.59. The van der Waals surface area contributed by atoms with E-state index in [9.17, 15) is 9.59 Å². The van der Waals surface area contributed by atoms with Crippen LogP contribution in [0.2, 0.25) is 0 Å². The first-order chi connectivity index (χ1) is 17.0. The summed E-state index contributed by atoms with van der Waals surface area (Å²) < 4.78 is 16.3. The van der Waals surface area contributed by atoms with Gasteiger partial charge in [-0.05, 0) is 35.9 Å². The van der Waals surface area contributed by atoms with E-state index in [2.05, 4.69) is 4.98 Å². The lowest BCUT2D eigenvalue weighted by Crippen LogP contribution is -2.34. The molecular weight excluding hydrogens is 520 g/mol. The number of hydrogen-bond acceptors (Lipinski definition) is 8. The molecular formula is C26H27ClN2O5S2. The first-order valence-corrected chi connectivity index (χ1v) is 12.8. The van der Waals surface area contributed by atoms with Crippen molar-refractivity contribution in [3.05, 3.63) is 77.6 Å². The molecule has 0 bridgehead atoms. The van der Waals surface area contributed by atoms with Crippen LogP contribution in [0.15, 0.2) is 60.9 Å². The van der Waals surface area contributed by atoms with Gasteiger partial charge in [0.05, 0.1) is 31.2 Å². The topological polar surface area (TPSA) is 78.0 Å². The molecule has 1 aliphatic heterocycles. The van der Waals surface area contributed by atoms with Crippen molar-refractivity contribution in [2.75, 3.05) is 39.0 Å². The van der Waals surface area contributed by atoms with Gasteiger partial charge in [-0.25, -0.2) is 0 Å². The number of methoxy groups -OCH3 is 3. The molecule has 10 heteroatoms. The number of aromatic nitrogens is 1. The molecule has 0 radical (unpaired) electrons. The highest BCUT2D eigenvalue weighted by atomic mass is 35.5. The number of pyridine rings is 1. The zero-order valence-corrected chi connectivity index (χ0v) is 22.7. The van der Waals surface area contributed by atoms with Crippen molar-refractivity contribution in [2.24, 2.45) is 0 Å². The summed E-state index contributed by atoms with van der Waals surface area (Å²) >= 11 is 3.39. The summed E-state index contributed by atoms with van der Waals surface area (Å²) in [5, 5.41) is -0.176. The lowest BCUT2D eigenvalue weighted by Gasteiger charge is -2.21. The minimum atomic E-state index is -0.214. The van der Waals surface area contributed by atoms with Crippen LogP contribution in [0.4, 0.5) is 5.69 Å². The second kappa shape index (κ2) is 12.4. The van der Waals surface area contributed by atoms with Crippen molar-refractivity contribution in [3.63, 3.8) is 0 Å². The summed E-state index contributed by atoms with van der Waals surface area (Å²) in [5.41, 5.74) is 2.62. The largest absolute Gasteiger partial charge is 0.493 e. The minimum absolute atomic E-state index is 0. The molecule has 3 aromatic rings. The fourth-order valence-electron chi connectivity index (χ4n) is 3.80. The molecule has 0 spiro atoms. The van der Waals surface area contributed by atoms with Crippen LogP contribution in [0.1, 0.15) is 26.1 Å². The molecule has 4 rings (SSSR count). The number of amides is 1. The molecule has 2 unspecified atom stereocenters. The Bertz CT molecular complexity index is 1200. The van der Waals surface area contributed by atoms with Crippen LogP contribution in [-0.2, 0) is 4.79 Å². The highest BCUT2D eigenvalue weighted by molar-refractivity contribution is 8.20. The summed E-state index contributed by atoms with van der Waals surface area (Å²) in [7, 11) is 6.27. The first kappa shape index (κ1) is 27.7. The Morgan fingerprint density at radius 2 is 1.69 bits per heavy atom. The highest BCUT2D eigenvalue weighted by Crippen LogP contribution is 2.49. The number of benzene rings is 2. The van der Waals surface area contributed by atoms with Crippen molar-refractivity contribution in [3.8, 4) is 17.2 Å². The molecule has 0 N–H and O–H groups in total. The Kier molecular flexibility index (Phi) is 9.53. The standard InChI is InChI=1S/C26H26N2O5S2.ClH/c1-28(25(30)22-15-34-26(35-22)17-8-6-10-27-14-17)19-9-5-7-16(11-19)23(29)18-12-20(31-2)24(33-4)21(13-18)32-3;/h5-14,22,26H,15H2,1-4H3;1H. The third-order valence-corrected chi connectivity index (χ3v) is 8.94. The maximum atomic E-state index is 13.3. The Balaban J connectivity index is 0.00000361. The van der Waals surface area contributed by atoms with Gasteiger partial charge in [-0.1, -0.05) is 18.2 Å². The van der Waals surface area contributed by atoms with E-state index in [4.69, 9.17) is 14.2 Å². The van der Waals surface area contributed by atoms with Crippen LogP contribution < -0.4 is 19.1 Å². The number of ether oxygens (including phenoxy) is 3. The molecule has 1 amide bonds. The van der Waals surface area contributed by atoms with Crippen LogP contribution in [0.5, 0.6) is 17.2 Å². The summed E-state index contributed by atoms with van der Waals surface area (Å²) in [6.45, 7) is 0. The van der Waals surface area contributed by atoms with E-state index in [-0.39, 0.29) is 33.9 Å². The van der Waals surface area contributed by atoms with Crippen LogP contribution in [0.25, 0.3) is 0 Å². The van der Waals surface area contributed by atoms with Gasteiger partial charge >= 0.3 is 0 Å². The second-order valence-corrected chi connectivity index (χ2v) is 10.5. The van der Waals surface area contributed by atoms with Gasteiger partial charge in [0.15, 0.2) is 17.3 Å². The summed E-state index contributed by atoms with van der Waals surface area (Å²) in [5.74, 6) is 1.73. The predicted octanol–water partition coefficient (Wildman–Crippen LogP) is 5.27. The van der Waals surface area contributed by atoms with Gasteiger partial charge < -0.3 is 19.1 Å². The number of nitrogens with zero attached hydrogens (tertiary/aromatic N) is 2. The van der Waals surface area contributed by atoms with E-state index in [0.717, 1.165) is 11.3 Å². The monoisotopic (exact) mass is 546 g/mol. The van der Waals surface area contributed by atoms with Crippen molar-refractivity contribution in [2.45, 2.75) is 9.83 Å². The number of carbonyl (C=O) groups excluding carboxylic acids is 2. The van der Waals surface area contributed by atoms with Crippen LogP contribution >= 0.6 is 35.9 Å². The maximum Gasteiger partial charge on any atom is 0.240 e. The molecule has 1 aromatic heterocycles.